The number of carbonyl (C=O) groups is 1. The fourth-order valence-electron chi connectivity index (χ4n) is 2.52. The number of rotatable bonds is 6. The van der Waals surface area contributed by atoms with E-state index in [1.807, 2.05) is 5.38 Å². The molecule has 4 rings (SSSR count). The highest BCUT2D eigenvalue weighted by molar-refractivity contribution is 7.14. The second kappa shape index (κ2) is 8.53. The van der Waals surface area contributed by atoms with Crippen LogP contribution in [0.4, 0.5) is 5.13 Å². The topological polar surface area (TPSA) is 76.7 Å². The molecule has 0 fully saturated rings. The van der Waals surface area contributed by atoms with Crippen LogP contribution in [0.3, 0.4) is 0 Å². The number of hydrogen-bond acceptors (Lipinski definition) is 7. The number of aryl methyl sites for hydroxylation is 1. The molecule has 7 heteroatoms. The van der Waals surface area contributed by atoms with Gasteiger partial charge in [0.25, 0.3) is 0 Å². The number of ether oxygens (including phenoxy) is 1. The Balaban J connectivity index is 1.34. The van der Waals surface area contributed by atoms with Crippen molar-refractivity contribution in [3.05, 3.63) is 89.2 Å². The van der Waals surface area contributed by atoms with Gasteiger partial charge in [0, 0.05) is 10.9 Å². The molecule has 2 heterocycles. The van der Waals surface area contributed by atoms with Crippen molar-refractivity contribution in [1.29, 1.82) is 0 Å². The molecule has 0 unspecified atom stereocenters. The van der Waals surface area contributed by atoms with E-state index in [2.05, 4.69) is 46.7 Å². The average molecular weight is 403 g/mol. The largest absolute Gasteiger partial charge is 0.457 e. The molecule has 0 aliphatic rings. The molecule has 0 bridgehead atoms. The maximum absolute atomic E-state index is 11.9. The maximum atomic E-state index is 11.9. The highest BCUT2D eigenvalue weighted by Crippen LogP contribution is 2.25. The third-order valence-corrected chi connectivity index (χ3v) is 4.79. The summed E-state index contributed by atoms with van der Waals surface area (Å²) in [6.07, 6.45) is 3.10. The van der Waals surface area contributed by atoms with E-state index < -0.39 is 5.97 Å². The van der Waals surface area contributed by atoms with E-state index in [-0.39, 0.29) is 5.76 Å². The van der Waals surface area contributed by atoms with Crippen LogP contribution in [0.5, 0.6) is 5.75 Å². The number of aromatic nitrogens is 1. The summed E-state index contributed by atoms with van der Waals surface area (Å²) in [4.78, 5) is 16.4. The number of anilines is 1. The summed E-state index contributed by atoms with van der Waals surface area (Å²) >= 11 is 1.49. The van der Waals surface area contributed by atoms with E-state index in [4.69, 9.17) is 9.15 Å². The smallest absolute Gasteiger partial charge is 0.379 e. The Kier molecular flexibility index (Phi) is 5.49. The molecule has 1 N–H and O–H groups in total. The lowest BCUT2D eigenvalue weighted by atomic mass is 10.1. The van der Waals surface area contributed by atoms with Crippen LogP contribution in [0.1, 0.15) is 21.7 Å². The van der Waals surface area contributed by atoms with E-state index in [1.54, 1.807) is 42.6 Å². The van der Waals surface area contributed by atoms with E-state index in [0.717, 1.165) is 16.8 Å². The van der Waals surface area contributed by atoms with Crippen molar-refractivity contribution in [2.75, 3.05) is 5.43 Å². The first-order valence-corrected chi connectivity index (χ1v) is 9.73. The van der Waals surface area contributed by atoms with Crippen LogP contribution >= 0.6 is 11.3 Å². The molecular weight excluding hydrogens is 386 g/mol. The van der Waals surface area contributed by atoms with Crippen molar-refractivity contribution in [3.8, 4) is 17.0 Å². The Labute approximate surface area is 171 Å². The van der Waals surface area contributed by atoms with Gasteiger partial charge in [0.05, 0.1) is 18.2 Å². The van der Waals surface area contributed by atoms with Crippen LogP contribution in [0.2, 0.25) is 0 Å². The number of thiazole rings is 1. The van der Waals surface area contributed by atoms with E-state index in [1.165, 1.54) is 23.2 Å². The van der Waals surface area contributed by atoms with Gasteiger partial charge >= 0.3 is 5.97 Å². The van der Waals surface area contributed by atoms with Crippen LogP contribution in [0.25, 0.3) is 11.3 Å². The zero-order chi connectivity index (χ0) is 20.1. The SMILES string of the molecule is Cc1ccc(-c2csc(N/N=C/c3ccc(OC(=O)c4ccco4)cc3)n2)cc1. The molecule has 0 aliphatic carbocycles. The van der Waals surface area contributed by atoms with Crippen molar-refractivity contribution in [2.24, 2.45) is 5.10 Å². The van der Waals surface area contributed by atoms with Crippen LogP contribution in [-0.4, -0.2) is 17.2 Å². The lowest BCUT2D eigenvalue weighted by Crippen LogP contribution is -2.07. The molecule has 2 aromatic carbocycles. The fraction of sp³-hybridized carbons (Fsp3) is 0.0455. The molecule has 2 aromatic heterocycles. The quantitative estimate of drug-likeness (QED) is 0.202. The van der Waals surface area contributed by atoms with Gasteiger partial charge in [-0.3, -0.25) is 5.43 Å². The van der Waals surface area contributed by atoms with Crippen molar-refractivity contribution in [2.45, 2.75) is 6.92 Å². The van der Waals surface area contributed by atoms with Crippen LogP contribution in [-0.2, 0) is 0 Å². The molecular formula is C22H17N3O3S. The van der Waals surface area contributed by atoms with Gasteiger partial charge in [-0.1, -0.05) is 29.8 Å². The van der Waals surface area contributed by atoms with Crippen LogP contribution in [0, 0.1) is 6.92 Å². The second-order valence-corrected chi connectivity index (χ2v) is 7.07. The fourth-order valence-corrected chi connectivity index (χ4v) is 3.19. The number of hydrogen-bond donors (Lipinski definition) is 1. The standard InChI is InChI=1S/C22H17N3O3S/c1-15-4-8-17(9-5-15)19-14-29-22(24-19)25-23-13-16-6-10-18(11-7-16)28-21(26)20-3-2-12-27-20/h2-14H,1H3,(H,24,25)/b23-13+. The molecule has 0 amide bonds. The number of benzene rings is 2. The summed E-state index contributed by atoms with van der Waals surface area (Å²) < 4.78 is 10.3. The van der Waals surface area contributed by atoms with Crippen molar-refractivity contribution >= 4 is 28.7 Å². The molecule has 29 heavy (non-hydrogen) atoms. The lowest BCUT2D eigenvalue weighted by molar-refractivity contribution is 0.0701. The normalized spacial score (nSPS) is 10.9. The van der Waals surface area contributed by atoms with Crippen molar-refractivity contribution in [1.82, 2.24) is 4.98 Å². The average Bonchev–Trinajstić information content (AvgIpc) is 3.42. The number of carbonyl (C=O) groups excluding carboxylic acids is 1. The minimum absolute atomic E-state index is 0.160. The van der Waals surface area contributed by atoms with E-state index in [9.17, 15) is 4.79 Å². The molecule has 0 saturated heterocycles. The van der Waals surface area contributed by atoms with Gasteiger partial charge < -0.3 is 9.15 Å². The number of esters is 1. The van der Waals surface area contributed by atoms with Gasteiger partial charge in [-0.25, -0.2) is 9.78 Å². The van der Waals surface area contributed by atoms with Gasteiger partial charge in [0.1, 0.15) is 5.75 Å². The third kappa shape index (κ3) is 4.77. The summed E-state index contributed by atoms with van der Waals surface area (Å²) in [6, 6.07) is 18.4. The first-order chi connectivity index (χ1) is 14.2. The van der Waals surface area contributed by atoms with Gasteiger partial charge in [0.15, 0.2) is 0 Å². The zero-order valence-corrected chi connectivity index (χ0v) is 16.3. The predicted molar refractivity (Wildman–Crippen MR) is 114 cm³/mol. The van der Waals surface area contributed by atoms with Crippen LogP contribution < -0.4 is 10.2 Å². The Hall–Kier alpha value is -3.71. The third-order valence-electron chi connectivity index (χ3n) is 4.04. The van der Waals surface area contributed by atoms with Crippen molar-refractivity contribution < 1.29 is 13.9 Å². The zero-order valence-electron chi connectivity index (χ0n) is 15.5. The van der Waals surface area contributed by atoms with Crippen molar-refractivity contribution in [3.63, 3.8) is 0 Å². The molecule has 0 saturated carbocycles. The van der Waals surface area contributed by atoms with Gasteiger partial charge in [-0.05, 0) is 48.9 Å². The molecule has 0 atom stereocenters. The first kappa shape index (κ1) is 18.6. The van der Waals surface area contributed by atoms with Gasteiger partial charge in [0.2, 0.25) is 10.9 Å². The maximum Gasteiger partial charge on any atom is 0.379 e. The van der Waals surface area contributed by atoms with E-state index in [0.29, 0.717) is 10.9 Å². The highest BCUT2D eigenvalue weighted by atomic mass is 32.1. The molecule has 0 radical (unpaired) electrons. The number of hydrazone groups is 1. The first-order valence-electron chi connectivity index (χ1n) is 8.85. The molecule has 144 valence electrons. The van der Waals surface area contributed by atoms with E-state index >= 15 is 0 Å². The Morgan fingerprint density at radius 3 is 2.66 bits per heavy atom. The molecule has 0 spiro atoms. The lowest BCUT2D eigenvalue weighted by Gasteiger charge is -2.02. The Bertz CT molecular complexity index is 1120. The summed E-state index contributed by atoms with van der Waals surface area (Å²) in [5.74, 6) is 0.0544. The van der Waals surface area contributed by atoms with Gasteiger partial charge in [-0.2, -0.15) is 5.10 Å². The summed E-state index contributed by atoms with van der Waals surface area (Å²) in [7, 11) is 0. The van der Waals surface area contributed by atoms with Gasteiger partial charge in [-0.15, -0.1) is 11.3 Å². The second-order valence-electron chi connectivity index (χ2n) is 6.21. The number of nitrogens with zero attached hydrogens (tertiary/aromatic N) is 2. The number of nitrogens with one attached hydrogen (secondary N) is 1. The summed E-state index contributed by atoms with van der Waals surface area (Å²) in [5, 5.41) is 6.91. The summed E-state index contributed by atoms with van der Waals surface area (Å²) in [5.41, 5.74) is 6.99. The Morgan fingerprint density at radius 2 is 1.93 bits per heavy atom. The molecule has 4 aromatic rings. The molecule has 6 nitrogen and oxygen atoms in total. The minimum Gasteiger partial charge on any atom is -0.457 e. The number of furan rings is 1. The predicted octanol–water partition coefficient (Wildman–Crippen LogP) is 5.38. The highest BCUT2D eigenvalue weighted by Gasteiger charge is 2.10. The minimum atomic E-state index is -0.536. The monoisotopic (exact) mass is 403 g/mol. The Morgan fingerprint density at radius 1 is 1.14 bits per heavy atom. The molecule has 0 aliphatic heterocycles. The van der Waals surface area contributed by atoms with Crippen LogP contribution in [0.15, 0.2) is 81.8 Å². The summed E-state index contributed by atoms with van der Waals surface area (Å²) in [6.45, 7) is 2.06.